The molecule has 8 heteroatoms. The summed E-state index contributed by atoms with van der Waals surface area (Å²) in [6.45, 7) is 1.75. The van der Waals surface area contributed by atoms with Gasteiger partial charge in [-0.3, -0.25) is 14.2 Å². The third kappa shape index (κ3) is 4.49. The summed E-state index contributed by atoms with van der Waals surface area (Å²) >= 11 is 0. The first-order valence-electron chi connectivity index (χ1n) is 8.24. The van der Waals surface area contributed by atoms with E-state index in [1.165, 1.54) is 13.3 Å². The van der Waals surface area contributed by atoms with Crippen molar-refractivity contribution in [1.29, 1.82) is 0 Å². The molecule has 0 spiro atoms. The van der Waals surface area contributed by atoms with Gasteiger partial charge in [-0.05, 0) is 36.8 Å². The monoisotopic (exact) mass is 365 g/mol. The second-order valence-corrected chi connectivity index (χ2v) is 5.81. The standard InChI is InChI=1S/C19H19N5O3/c1-13-3-5-16(27-2)15(9-13)23-18(25)11-22-19(26)14-4-6-17(21-10-14)24-8-7-20-12-24/h3-10,12H,11H2,1-2H3,(H,22,26)(H,23,25). The van der Waals surface area contributed by atoms with Gasteiger partial charge < -0.3 is 15.4 Å². The van der Waals surface area contributed by atoms with Gasteiger partial charge in [-0.15, -0.1) is 0 Å². The average Bonchev–Trinajstić information content (AvgIpc) is 3.21. The molecule has 0 bridgehead atoms. The van der Waals surface area contributed by atoms with Crippen LogP contribution in [0.2, 0.25) is 0 Å². The van der Waals surface area contributed by atoms with Crippen LogP contribution in [0.3, 0.4) is 0 Å². The van der Waals surface area contributed by atoms with Crippen LogP contribution in [0.5, 0.6) is 5.75 Å². The van der Waals surface area contributed by atoms with Crippen molar-refractivity contribution in [2.24, 2.45) is 0 Å². The number of methoxy groups -OCH3 is 1. The van der Waals surface area contributed by atoms with Crippen molar-refractivity contribution in [3.05, 3.63) is 66.4 Å². The number of rotatable bonds is 6. The Balaban J connectivity index is 1.57. The Morgan fingerprint density at radius 2 is 2.07 bits per heavy atom. The molecule has 0 unspecified atom stereocenters. The summed E-state index contributed by atoms with van der Waals surface area (Å²) in [5, 5.41) is 5.31. The molecule has 138 valence electrons. The lowest BCUT2D eigenvalue weighted by Gasteiger charge is -2.11. The van der Waals surface area contributed by atoms with Crippen LogP contribution in [0.25, 0.3) is 5.82 Å². The number of pyridine rings is 1. The van der Waals surface area contributed by atoms with Crippen LogP contribution >= 0.6 is 0 Å². The third-order valence-corrected chi connectivity index (χ3v) is 3.82. The number of carbonyl (C=O) groups excluding carboxylic acids is 2. The lowest BCUT2D eigenvalue weighted by molar-refractivity contribution is -0.115. The molecule has 0 saturated heterocycles. The molecule has 0 aliphatic heterocycles. The Morgan fingerprint density at radius 1 is 1.22 bits per heavy atom. The normalized spacial score (nSPS) is 10.3. The fourth-order valence-electron chi connectivity index (χ4n) is 2.44. The highest BCUT2D eigenvalue weighted by Gasteiger charge is 2.11. The molecule has 2 aromatic heterocycles. The lowest BCUT2D eigenvalue weighted by atomic mass is 10.2. The Morgan fingerprint density at radius 3 is 2.74 bits per heavy atom. The van der Waals surface area contributed by atoms with Gasteiger partial charge in [0.15, 0.2) is 0 Å². The number of anilines is 1. The van der Waals surface area contributed by atoms with Gasteiger partial charge in [-0.2, -0.15) is 0 Å². The van der Waals surface area contributed by atoms with E-state index in [4.69, 9.17) is 4.74 Å². The maximum atomic E-state index is 12.2. The highest BCUT2D eigenvalue weighted by molar-refractivity contribution is 5.99. The van der Waals surface area contributed by atoms with Crippen molar-refractivity contribution >= 4 is 17.5 Å². The fraction of sp³-hybridized carbons (Fsp3) is 0.158. The van der Waals surface area contributed by atoms with Crippen LogP contribution in [0, 0.1) is 6.92 Å². The Labute approximate surface area is 156 Å². The van der Waals surface area contributed by atoms with E-state index < -0.39 is 0 Å². The SMILES string of the molecule is COc1ccc(C)cc1NC(=O)CNC(=O)c1ccc(-n2ccnc2)nc1. The van der Waals surface area contributed by atoms with Gasteiger partial charge >= 0.3 is 0 Å². The summed E-state index contributed by atoms with van der Waals surface area (Å²) in [5.41, 5.74) is 1.90. The topological polar surface area (TPSA) is 98.1 Å². The molecule has 2 heterocycles. The number of aryl methyl sites for hydroxylation is 1. The van der Waals surface area contributed by atoms with Crippen LogP contribution < -0.4 is 15.4 Å². The van der Waals surface area contributed by atoms with Crippen LogP contribution in [0.15, 0.2) is 55.2 Å². The van der Waals surface area contributed by atoms with Crippen molar-refractivity contribution in [3.63, 3.8) is 0 Å². The molecule has 2 amide bonds. The first kappa shape index (κ1) is 18.1. The second-order valence-electron chi connectivity index (χ2n) is 5.81. The molecule has 3 rings (SSSR count). The zero-order valence-electron chi connectivity index (χ0n) is 15.0. The largest absolute Gasteiger partial charge is 0.495 e. The molecular formula is C19H19N5O3. The number of carbonyl (C=O) groups is 2. The molecule has 2 N–H and O–H groups in total. The van der Waals surface area contributed by atoms with Gasteiger partial charge in [0.25, 0.3) is 5.91 Å². The van der Waals surface area contributed by atoms with E-state index in [0.29, 0.717) is 22.8 Å². The Bertz CT molecular complexity index is 936. The molecule has 8 nitrogen and oxygen atoms in total. The number of imidazole rings is 1. The number of hydrogen-bond donors (Lipinski definition) is 2. The molecule has 1 aromatic carbocycles. The summed E-state index contributed by atoms with van der Waals surface area (Å²) in [4.78, 5) is 32.5. The molecule has 0 radical (unpaired) electrons. The van der Waals surface area contributed by atoms with E-state index in [1.807, 2.05) is 13.0 Å². The number of aromatic nitrogens is 3. The molecule has 0 atom stereocenters. The number of benzene rings is 1. The van der Waals surface area contributed by atoms with E-state index in [9.17, 15) is 9.59 Å². The third-order valence-electron chi connectivity index (χ3n) is 3.82. The summed E-state index contributed by atoms with van der Waals surface area (Å²) in [7, 11) is 1.53. The minimum atomic E-state index is -0.383. The number of hydrogen-bond acceptors (Lipinski definition) is 5. The zero-order valence-corrected chi connectivity index (χ0v) is 15.0. The molecule has 0 fully saturated rings. The Hall–Kier alpha value is -3.68. The van der Waals surface area contributed by atoms with Crippen molar-refractivity contribution in [1.82, 2.24) is 19.9 Å². The second kappa shape index (κ2) is 8.13. The fourth-order valence-corrected chi connectivity index (χ4v) is 2.44. The summed E-state index contributed by atoms with van der Waals surface area (Å²) < 4.78 is 6.95. The maximum Gasteiger partial charge on any atom is 0.253 e. The quantitative estimate of drug-likeness (QED) is 0.696. The predicted octanol–water partition coefficient (Wildman–Crippen LogP) is 1.95. The van der Waals surface area contributed by atoms with E-state index in [1.54, 1.807) is 47.6 Å². The van der Waals surface area contributed by atoms with E-state index in [0.717, 1.165) is 5.56 Å². The minimum absolute atomic E-state index is 0.167. The van der Waals surface area contributed by atoms with Gasteiger partial charge in [0.05, 0.1) is 24.9 Å². The summed E-state index contributed by atoms with van der Waals surface area (Å²) in [6.07, 6.45) is 6.47. The van der Waals surface area contributed by atoms with Crippen LogP contribution in [0.1, 0.15) is 15.9 Å². The van der Waals surface area contributed by atoms with Gasteiger partial charge in [0, 0.05) is 18.6 Å². The number of nitrogens with one attached hydrogen (secondary N) is 2. The molecule has 0 saturated carbocycles. The van der Waals surface area contributed by atoms with Crippen molar-refractivity contribution < 1.29 is 14.3 Å². The van der Waals surface area contributed by atoms with Gasteiger partial charge in [-0.25, -0.2) is 9.97 Å². The zero-order chi connectivity index (χ0) is 19.2. The molecule has 0 aliphatic carbocycles. The first-order valence-corrected chi connectivity index (χ1v) is 8.24. The van der Waals surface area contributed by atoms with Gasteiger partial charge in [-0.1, -0.05) is 6.07 Å². The summed E-state index contributed by atoms with van der Waals surface area (Å²) in [6, 6.07) is 8.80. The lowest BCUT2D eigenvalue weighted by Crippen LogP contribution is -2.33. The van der Waals surface area contributed by atoms with E-state index in [2.05, 4.69) is 20.6 Å². The van der Waals surface area contributed by atoms with Gasteiger partial charge in [0.1, 0.15) is 17.9 Å². The van der Waals surface area contributed by atoms with Gasteiger partial charge in [0.2, 0.25) is 5.91 Å². The van der Waals surface area contributed by atoms with Crippen molar-refractivity contribution in [3.8, 4) is 11.6 Å². The van der Waals surface area contributed by atoms with Crippen molar-refractivity contribution in [2.45, 2.75) is 6.92 Å². The summed E-state index contributed by atoms with van der Waals surface area (Å²) in [5.74, 6) is 0.467. The Kier molecular flexibility index (Phi) is 5.46. The highest BCUT2D eigenvalue weighted by Crippen LogP contribution is 2.24. The number of nitrogens with zero attached hydrogens (tertiary/aromatic N) is 3. The molecular weight excluding hydrogens is 346 g/mol. The van der Waals surface area contributed by atoms with Crippen LogP contribution in [-0.4, -0.2) is 40.0 Å². The first-order chi connectivity index (χ1) is 13.1. The minimum Gasteiger partial charge on any atom is -0.495 e. The van der Waals surface area contributed by atoms with Crippen LogP contribution in [-0.2, 0) is 4.79 Å². The smallest absolute Gasteiger partial charge is 0.253 e. The predicted molar refractivity (Wildman–Crippen MR) is 100 cm³/mol. The highest BCUT2D eigenvalue weighted by atomic mass is 16.5. The molecule has 27 heavy (non-hydrogen) atoms. The van der Waals surface area contributed by atoms with Crippen molar-refractivity contribution in [2.75, 3.05) is 19.0 Å². The molecule has 3 aromatic rings. The number of ether oxygens (including phenoxy) is 1. The van der Waals surface area contributed by atoms with E-state index >= 15 is 0 Å². The van der Waals surface area contributed by atoms with Crippen LogP contribution in [0.4, 0.5) is 5.69 Å². The average molecular weight is 365 g/mol. The number of amides is 2. The maximum absolute atomic E-state index is 12.2. The molecule has 0 aliphatic rings. The van der Waals surface area contributed by atoms with E-state index in [-0.39, 0.29) is 18.4 Å².